The second-order valence-electron chi connectivity index (χ2n) is 7.82. The second kappa shape index (κ2) is 8.57. The first kappa shape index (κ1) is 20.4. The van der Waals surface area contributed by atoms with Crippen LogP contribution >= 0.6 is 23.8 Å². The van der Waals surface area contributed by atoms with Crippen LogP contribution in [0, 0.1) is 5.82 Å². The quantitative estimate of drug-likeness (QED) is 0.558. The van der Waals surface area contributed by atoms with Crippen molar-refractivity contribution < 1.29 is 9.13 Å². The number of ether oxygens (including phenoxy) is 1. The molecule has 0 radical (unpaired) electrons. The molecule has 2 aliphatic heterocycles. The smallest absolute Gasteiger partial charge is 0.170 e. The summed E-state index contributed by atoms with van der Waals surface area (Å²) in [6, 6.07) is 14.5. The summed E-state index contributed by atoms with van der Waals surface area (Å²) < 4.78 is 21.7. The van der Waals surface area contributed by atoms with E-state index >= 15 is 0 Å². The van der Waals surface area contributed by atoms with Crippen molar-refractivity contribution in [3.8, 4) is 5.69 Å². The molecule has 0 saturated carbocycles. The average Bonchev–Trinajstić information content (AvgIpc) is 3.52. The second-order valence-corrected chi connectivity index (χ2v) is 8.61. The summed E-state index contributed by atoms with van der Waals surface area (Å²) in [6.45, 7) is 1.49. The van der Waals surface area contributed by atoms with Gasteiger partial charge in [-0.15, -0.1) is 0 Å². The highest BCUT2D eigenvalue weighted by molar-refractivity contribution is 7.80. The molecule has 31 heavy (non-hydrogen) atoms. The summed E-state index contributed by atoms with van der Waals surface area (Å²) in [5.74, 6) is -0.436. The van der Waals surface area contributed by atoms with Crippen molar-refractivity contribution in [3.05, 3.63) is 83.2 Å². The average molecular weight is 457 g/mol. The van der Waals surface area contributed by atoms with Gasteiger partial charge in [0.1, 0.15) is 5.82 Å². The van der Waals surface area contributed by atoms with Gasteiger partial charge in [0.2, 0.25) is 0 Å². The number of nitrogens with one attached hydrogen (secondary N) is 1. The fourth-order valence-corrected chi connectivity index (χ4v) is 4.93. The van der Waals surface area contributed by atoms with Gasteiger partial charge in [-0.25, -0.2) is 4.39 Å². The standard InChI is InChI=1S/C23H22ClFN4OS/c24-17-13-15(8-9-18(17)25)28-11-3-7-20(28)22-21(19-6-1-2-10-26-19)27-23(31)29(22)14-16-5-4-12-30-16/h1-3,6-11,13,16,21-22H,4-5,12,14H2,(H,27,31)/t16-,21+,22+/m0/s1. The van der Waals surface area contributed by atoms with E-state index in [1.54, 1.807) is 18.3 Å². The van der Waals surface area contributed by atoms with Crippen LogP contribution < -0.4 is 5.32 Å². The van der Waals surface area contributed by atoms with Gasteiger partial charge in [-0.05, 0) is 67.5 Å². The molecule has 2 fully saturated rings. The van der Waals surface area contributed by atoms with Crippen LogP contribution in [-0.4, -0.2) is 38.8 Å². The third-order valence-corrected chi connectivity index (χ3v) is 6.53. The monoisotopic (exact) mass is 456 g/mol. The molecule has 0 amide bonds. The van der Waals surface area contributed by atoms with Crippen LogP contribution in [0.5, 0.6) is 0 Å². The number of pyridine rings is 1. The van der Waals surface area contributed by atoms with Crippen molar-refractivity contribution in [2.45, 2.75) is 31.0 Å². The summed E-state index contributed by atoms with van der Waals surface area (Å²) >= 11 is 11.8. The lowest BCUT2D eigenvalue weighted by atomic mass is 10.0. The summed E-state index contributed by atoms with van der Waals surface area (Å²) in [7, 11) is 0. The number of benzene rings is 1. The van der Waals surface area contributed by atoms with E-state index in [0.29, 0.717) is 11.7 Å². The van der Waals surface area contributed by atoms with Crippen molar-refractivity contribution >= 4 is 28.9 Å². The molecule has 2 aromatic heterocycles. The number of aromatic nitrogens is 2. The van der Waals surface area contributed by atoms with Crippen molar-refractivity contribution in [3.63, 3.8) is 0 Å². The highest BCUT2D eigenvalue weighted by atomic mass is 35.5. The van der Waals surface area contributed by atoms with Gasteiger partial charge in [-0.1, -0.05) is 17.7 Å². The molecule has 160 valence electrons. The van der Waals surface area contributed by atoms with E-state index in [2.05, 4.69) is 21.3 Å². The Morgan fingerprint density at radius 1 is 1.23 bits per heavy atom. The topological polar surface area (TPSA) is 42.3 Å². The van der Waals surface area contributed by atoms with Crippen molar-refractivity contribution in [1.29, 1.82) is 0 Å². The van der Waals surface area contributed by atoms with Crippen LogP contribution in [0.3, 0.4) is 0 Å². The molecule has 0 unspecified atom stereocenters. The van der Waals surface area contributed by atoms with Gasteiger partial charge in [0.25, 0.3) is 0 Å². The molecule has 0 aliphatic carbocycles. The molecule has 0 bridgehead atoms. The fraction of sp³-hybridized carbons (Fsp3) is 0.304. The third-order valence-electron chi connectivity index (χ3n) is 5.89. The number of thiocarbonyl (C=S) groups is 1. The maximum atomic E-state index is 13.8. The summed E-state index contributed by atoms with van der Waals surface area (Å²) in [4.78, 5) is 6.79. The van der Waals surface area contributed by atoms with E-state index in [-0.39, 0.29) is 23.2 Å². The number of hydrogen-bond acceptors (Lipinski definition) is 3. The Balaban J connectivity index is 1.57. The lowest BCUT2D eigenvalue weighted by molar-refractivity contribution is 0.0836. The zero-order chi connectivity index (χ0) is 21.4. The first-order valence-electron chi connectivity index (χ1n) is 10.3. The Labute approximate surface area is 190 Å². The van der Waals surface area contributed by atoms with Crippen molar-refractivity contribution in [2.24, 2.45) is 0 Å². The SMILES string of the molecule is Fc1ccc(-n2cccc2[C@@H]2[C@@H](c3ccccn3)NC(=S)N2C[C@@H]2CCCO2)cc1Cl. The van der Waals surface area contributed by atoms with E-state index in [9.17, 15) is 4.39 Å². The molecular weight excluding hydrogens is 435 g/mol. The minimum Gasteiger partial charge on any atom is -0.376 e. The Hall–Kier alpha value is -2.48. The van der Waals surface area contributed by atoms with Crippen LogP contribution in [0.2, 0.25) is 5.02 Å². The van der Waals surface area contributed by atoms with E-state index < -0.39 is 5.82 Å². The first-order chi connectivity index (χ1) is 15.1. The largest absolute Gasteiger partial charge is 0.376 e. The molecule has 5 nitrogen and oxygen atoms in total. The number of hydrogen-bond donors (Lipinski definition) is 1. The Morgan fingerprint density at radius 3 is 2.87 bits per heavy atom. The molecule has 5 rings (SSSR count). The molecule has 4 heterocycles. The van der Waals surface area contributed by atoms with E-state index in [1.807, 2.05) is 35.0 Å². The van der Waals surface area contributed by atoms with Gasteiger partial charge >= 0.3 is 0 Å². The fourth-order valence-electron chi connectivity index (χ4n) is 4.44. The number of halogens is 2. The molecule has 2 aliphatic rings. The van der Waals surface area contributed by atoms with Crippen LogP contribution in [0.4, 0.5) is 4.39 Å². The highest BCUT2D eigenvalue weighted by Gasteiger charge is 2.42. The van der Waals surface area contributed by atoms with Crippen LogP contribution in [-0.2, 0) is 4.74 Å². The normalized spacial score (nSPS) is 23.4. The van der Waals surface area contributed by atoms with Crippen molar-refractivity contribution in [1.82, 2.24) is 19.8 Å². The Kier molecular flexibility index (Phi) is 5.65. The predicted molar refractivity (Wildman–Crippen MR) is 122 cm³/mol. The molecule has 1 N–H and O–H groups in total. The minimum absolute atomic E-state index is 0.0923. The van der Waals surface area contributed by atoms with Gasteiger partial charge in [0, 0.05) is 36.9 Å². The number of nitrogens with zero attached hydrogens (tertiary/aromatic N) is 3. The molecule has 0 spiro atoms. The number of rotatable bonds is 5. The summed E-state index contributed by atoms with van der Waals surface area (Å²) in [5, 5.41) is 4.25. The Bertz CT molecular complexity index is 1090. The molecule has 3 aromatic rings. The zero-order valence-electron chi connectivity index (χ0n) is 16.7. The minimum atomic E-state index is -0.436. The summed E-state index contributed by atoms with van der Waals surface area (Å²) in [6.07, 6.45) is 5.98. The third kappa shape index (κ3) is 3.93. The molecule has 1 aromatic carbocycles. The van der Waals surface area contributed by atoms with E-state index in [0.717, 1.165) is 36.5 Å². The lowest BCUT2D eigenvalue weighted by Gasteiger charge is -2.30. The molecular formula is C23H22ClFN4OS. The first-order valence-corrected chi connectivity index (χ1v) is 11.1. The highest BCUT2D eigenvalue weighted by Crippen LogP contribution is 2.40. The maximum Gasteiger partial charge on any atom is 0.170 e. The van der Waals surface area contributed by atoms with Crippen LogP contribution in [0.15, 0.2) is 60.9 Å². The van der Waals surface area contributed by atoms with Crippen LogP contribution in [0.1, 0.15) is 36.3 Å². The lowest BCUT2D eigenvalue weighted by Crippen LogP contribution is -2.36. The Morgan fingerprint density at radius 2 is 2.13 bits per heavy atom. The van der Waals surface area contributed by atoms with E-state index in [4.69, 9.17) is 28.6 Å². The van der Waals surface area contributed by atoms with Gasteiger partial charge in [0.15, 0.2) is 5.11 Å². The van der Waals surface area contributed by atoms with Gasteiger partial charge < -0.3 is 19.5 Å². The van der Waals surface area contributed by atoms with Gasteiger partial charge in [-0.2, -0.15) is 0 Å². The zero-order valence-corrected chi connectivity index (χ0v) is 18.3. The van der Waals surface area contributed by atoms with Crippen LogP contribution in [0.25, 0.3) is 5.69 Å². The van der Waals surface area contributed by atoms with Crippen molar-refractivity contribution in [2.75, 3.05) is 13.2 Å². The summed E-state index contributed by atoms with van der Waals surface area (Å²) in [5.41, 5.74) is 2.72. The molecule has 2 saturated heterocycles. The van der Waals surface area contributed by atoms with Gasteiger partial charge in [-0.3, -0.25) is 4.98 Å². The predicted octanol–water partition coefficient (Wildman–Crippen LogP) is 4.82. The van der Waals surface area contributed by atoms with E-state index in [1.165, 1.54) is 6.07 Å². The maximum absolute atomic E-state index is 13.8. The molecule has 8 heteroatoms. The van der Waals surface area contributed by atoms with Gasteiger partial charge in [0.05, 0.1) is 28.9 Å². The molecule has 3 atom stereocenters.